The van der Waals surface area contributed by atoms with Gasteiger partial charge in [0, 0.05) is 12.4 Å². The topological polar surface area (TPSA) is 74.6 Å². The normalized spacial score (nSPS) is 13.6. The molecular weight excluding hydrogens is 288 g/mol. The van der Waals surface area contributed by atoms with Gasteiger partial charge < -0.3 is 0 Å². The Bertz CT molecular complexity index is 708. The van der Waals surface area contributed by atoms with Crippen molar-refractivity contribution in [1.82, 2.24) is 20.8 Å². The van der Waals surface area contributed by atoms with Gasteiger partial charge in [0.1, 0.15) is 11.4 Å². The van der Waals surface area contributed by atoms with Crippen molar-refractivity contribution in [3.8, 4) is 0 Å². The van der Waals surface area contributed by atoms with Gasteiger partial charge in [-0.05, 0) is 36.6 Å². The van der Waals surface area contributed by atoms with E-state index < -0.39 is 0 Å². The quantitative estimate of drug-likeness (QED) is 0.804. The highest BCUT2D eigenvalue weighted by Crippen LogP contribution is 2.12. The minimum absolute atomic E-state index is 0.595. The van der Waals surface area contributed by atoms with Crippen LogP contribution in [-0.4, -0.2) is 21.6 Å². The standard InChI is InChI=1S/C17H20N6/c1-2-3-4-8-13-9-7-12-19-15(13)17-22-20-16(21-23-17)14-10-5-6-11-18-14/h5-7,9-12H,2-4,8H2,1H3,(H,20,21)(H,22,23). The van der Waals surface area contributed by atoms with E-state index in [1.807, 2.05) is 24.3 Å². The van der Waals surface area contributed by atoms with Gasteiger partial charge in [-0.1, -0.05) is 31.9 Å². The molecule has 2 N–H and O–H groups in total. The summed E-state index contributed by atoms with van der Waals surface area (Å²) in [4.78, 5) is 8.71. The molecule has 6 nitrogen and oxygen atoms in total. The second-order valence-electron chi connectivity index (χ2n) is 5.33. The number of hydrazone groups is 2. The summed E-state index contributed by atoms with van der Waals surface area (Å²) >= 11 is 0. The molecule has 0 radical (unpaired) electrons. The summed E-state index contributed by atoms with van der Waals surface area (Å²) in [6, 6.07) is 9.72. The van der Waals surface area contributed by atoms with E-state index in [0.717, 1.165) is 24.2 Å². The third-order valence-corrected chi connectivity index (χ3v) is 3.62. The first-order valence-electron chi connectivity index (χ1n) is 7.91. The van der Waals surface area contributed by atoms with E-state index in [1.54, 1.807) is 12.4 Å². The molecule has 0 amide bonds. The molecule has 0 atom stereocenters. The van der Waals surface area contributed by atoms with Crippen LogP contribution in [0, 0.1) is 0 Å². The van der Waals surface area contributed by atoms with Crippen molar-refractivity contribution >= 4 is 11.7 Å². The lowest BCUT2D eigenvalue weighted by atomic mass is 10.1. The van der Waals surface area contributed by atoms with Crippen LogP contribution in [0.15, 0.2) is 52.9 Å². The maximum atomic E-state index is 4.46. The summed E-state index contributed by atoms with van der Waals surface area (Å²) in [7, 11) is 0. The Morgan fingerprint density at radius 3 is 2.43 bits per heavy atom. The number of aromatic nitrogens is 2. The molecule has 2 aromatic rings. The molecule has 23 heavy (non-hydrogen) atoms. The molecule has 0 fully saturated rings. The Kier molecular flexibility index (Phi) is 4.93. The Morgan fingerprint density at radius 1 is 0.870 bits per heavy atom. The van der Waals surface area contributed by atoms with Crippen molar-refractivity contribution < 1.29 is 0 Å². The van der Waals surface area contributed by atoms with Gasteiger partial charge in [0.2, 0.25) is 0 Å². The van der Waals surface area contributed by atoms with Crippen LogP contribution in [0.4, 0.5) is 0 Å². The molecule has 3 heterocycles. The molecule has 0 saturated carbocycles. The zero-order valence-electron chi connectivity index (χ0n) is 13.2. The van der Waals surface area contributed by atoms with Crippen molar-refractivity contribution in [3.05, 3.63) is 59.7 Å². The molecule has 1 aliphatic rings. The molecule has 1 aliphatic heterocycles. The fourth-order valence-electron chi connectivity index (χ4n) is 2.41. The molecule has 0 unspecified atom stereocenters. The molecule has 3 rings (SSSR count). The molecule has 0 saturated heterocycles. The van der Waals surface area contributed by atoms with Gasteiger partial charge in [-0.15, -0.1) is 0 Å². The van der Waals surface area contributed by atoms with Gasteiger partial charge >= 0.3 is 0 Å². The number of nitrogens with zero attached hydrogens (tertiary/aromatic N) is 4. The van der Waals surface area contributed by atoms with E-state index >= 15 is 0 Å². The van der Waals surface area contributed by atoms with E-state index in [-0.39, 0.29) is 0 Å². The first kappa shape index (κ1) is 15.1. The average molecular weight is 308 g/mol. The van der Waals surface area contributed by atoms with E-state index in [4.69, 9.17) is 0 Å². The van der Waals surface area contributed by atoms with Crippen molar-refractivity contribution in [1.29, 1.82) is 0 Å². The predicted octanol–water partition coefficient (Wildman–Crippen LogP) is 2.43. The number of rotatable bonds is 6. The van der Waals surface area contributed by atoms with Crippen molar-refractivity contribution in [2.75, 3.05) is 0 Å². The number of pyridine rings is 2. The van der Waals surface area contributed by atoms with Gasteiger partial charge in [-0.25, -0.2) is 0 Å². The second kappa shape index (κ2) is 7.49. The number of amidine groups is 2. The molecule has 0 spiro atoms. The summed E-state index contributed by atoms with van der Waals surface area (Å²) in [5.74, 6) is 1.23. The van der Waals surface area contributed by atoms with Crippen molar-refractivity contribution in [2.24, 2.45) is 10.2 Å². The van der Waals surface area contributed by atoms with Crippen LogP contribution in [0.3, 0.4) is 0 Å². The highest BCUT2D eigenvalue weighted by Gasteiger charge is 2.15. The fourth-order valence-corrected chi connectivity index (χ4v) is 2.41. The van der Waals surface area contributed by atoms with Crippen LogP contribution >= 0.6 is 0 Å². The smallest absolute Gasteiger partial charge is 0.192 e. The minimum Gasteiger partial charge on any atom is -0.256 e. The van der Waals surface area contributed by atoms with Gasteiger partial charge in [0.05, 0.1) is 0 Å². The van der Waals surface area contributed by atoms with E-state index in [2.05, 4.69) is 44.0 Å². The third kappa shape index (κ3) is 3.71. The zero-order chi connectivity index (χ0) is 15.9. The summed E-state index contributed by atoms with van der Waals surface area (Å²) in [6.07, 6.45) is 8.07. The lowest BCUT2D eigenvalue weighted by molar-refractivity contribution is 0.714. The molecular formula is C17H20N6. The summed E-state index contributed by atoms with van der Waals surface area (Å²) in [6.45, 7) is 2.20. The SMILES string of the molecule is CCCCCc1cccnc1C1=NNC(c2ccccn2)=NN1. The maximum absolute atomic E-state index is 4.46. The van der Waals surface area contributed by atoms with Gasteiger partial charge in [0.25, 0.3) is 0 Å². The van der Waals surface area contributed by atoms with Gasteiger partial charge in [-0.3, -0.25) is 20.8 Å². The van der Waals surface area contributed by atoms with Crippen LogP contribution < -0.4 is 10.9 Å². The Labute approximate surface area is 135 Å². The predicted molar refractivity (Wildman–Crippen MR) is 91.0 cm³/mol. The van der Waals surface area contributed by atoms with Gasteiger partial charge in [-0.2, -0.15) is 10.2 Å². The van der Waals surface area contributed by atoms with Gasteiger partial charge in [0.15, 0.2) is 11.7 Å². The highest BCUT2D eigenvalue weighted by atomic mass is 15.5. The van der Waals surface area contributed by atoms with E-state index in [0.29, 0.717) is 11.7 Å². The summed E-state index contributed by atoms with van der Waals surface area (Å²) in [5.41, 5.74) is 8.71. The van der Waals surface area contributed by atoms with E-state index in [1.165, 1.54) is 18.4 Å². The van der Waals surface area contributed by atoms with Crippen LogP contribution in [0.1, 0.15) is 43.1 Å². The molecule has 0 aliphatic carbocycles. The molecule has 0 aromatic carbocycles. The first-order valence-corrected chi connectivity index (χ1v) is 7.91. The number of unbranched alkanes of at least 4 members (excludes halogenated alkanes) is 2. The number of hydrogen-bond donors (Lipinski definition) is 2. The van der Waals surface area contributed by atoms with Crippen LogP contribution in [0.2, 0.25) is 0 Å². The second-order valence-corrected chi connectivity index (χ2v) is 5.33. The Balaban J connectivity index is 1.73. The molecule has 118 valence electrons. The Hall–Kier alpha value is -2.76. The minimum atomic E-state index is 0.595. The molecule has 6 heteroatoms. The first-order chi connectivity index (χ1) is 11.4. The Morgan fingerprint density at radius 2 is 1.70 bits per heavy atom. The molecule has 2 aromatic heterocycles. The van der Waals surface area contributed by atoms with Crippen LogP contribution in [-0.2, 0) is 6.42 Å². The summed E-state index contributed by atoms with van der Waals surface area (Å²) in [5, 5.41) is 8.69. The maximum Gasteiger partial charge on any atom is 0.192 e. The number of hydrogen-bond acceptors (Lipinski definition) is 6. The lowest BCUT2D eigenvalue weighted by Gasteiger charge is -2.16. The van der Waals surface area contributed by atoms with Crippen molar-refractivity contribution in [2.45, 2.75) is 32.6 Å². The van der Waals surface area contributed by atoms with Crippen LogP contribution in [0.5, 0.6) is 0 Å². The number of nitrogens with one attached hydrogen (secondary N) is 2. The lowest BCUT2D eigenvalue weighted by Crippen LogP contribution is -2.35. The van der Waals surface area contributed by atoms with E-state index in [9.17, 15) is 0 Å². The fraction of sp³-hybridized carbons (Fsp3) is 0.294. The molecule has 0 bridgehead atoms. The largest absolute Gasteiger partial charge is 0.256 e. The average Bonchev–Trinajstić information content (AvgIpc) is 2.63. The highest BCUT2D eigenvalue weighted by molar-refractivity contribution is 6.04. The van der Waals surface area contributed by atoms with Crippen LogP contribution in [0.25, 0.3) is 0 Å². The third-order valence-electron chi connectivity index (χ3n) is 3.62. The van der Waals surface area contributed by atoms with Crippen molar-refractivity contribution in [3.63, 3.8) is 0 Å². The summed E-state index contributed by atoms with van der Waals surface area (Å²) < 4.78 is 0. The monoisotopic (exact) mass is 308 g/mol. The number of aryl methyl sites for hydroxylation is 1. The zero-order valence-corrected chi connectivity index (χ0v) is 13.2.